The van der Waals surface area contributed by atoms with Crippen molar-refractivity contribution in [2.45, 2.75) is 25.6 Å². The number of benzene rings is 3. The second-order valence-electron chi connectivity index (χ2n) is 8.41. The number of ether oxygens (including phenoxy) is 1. The van der Waals surface area contributed by atoms with Gasteiger partial charge in [-0.15, -0.1) is 0 Å². The molecule has 3 atom stereocenters. The highest BCUT2D eigenvalue weighted by molar-refractivity contribution is 9.10. The molecule has 2 aliphatic rings. The molecule has 2 bridgehead atoms. The van der Waals surface area contributed by atoms with Gasteiger partial charge in [0.05, 0.1) is 6.04 Å². The summed E-state index contributed by atoms with van der Waals surface area (Å²) in [5, 5.41) is 7.58. The lowest BCUT2D eigenvalue weighted by Gasteiger charge is -2.56. The van der Waals surface area contributed by atoms with E-state index in [1.54, 1.807) is 24.3 Å². The maximum atomic E-state index is 13.8. The Bertz CT molecular complexity index is 1270. The monoisotopic (exact) mass is 541 g/mol. The van der Waals surface area contributed by atoms with E-state index in [9.17, 15) is 4.79 Å². The van der Waals surface area contributed by atoms with Crippen molar-refractivity contribution in [2.75, 3.05) is 10.2 Å². The average Bonchev–Trinajstić information content (AvgIpc) is 2.75. The molecule has 0 aliphatic carbocycles. The van der Waals surface area contributed by atoms with Crippen LogP contribution in [0.4, 0.5) is 11.4 Å². The number of anilines is 2. The summed E-state index contributed by atoms with van der Waals surface area (Å²) in [7, 11) is 0. The van der Waals surface area contributed by atoms with Crippen LogP contribution in [-0.2, 0) is 4.79 Å². The minimum atomic E-state index is -1.06. The summed E-state index contributed by atoms with van der Waals surface area (Å²) in [4.78, 5) is 15.7. The molecule has 33 heavy (non-hydrogen) atoms. The maximum absolute atomic E-state index is 13.8. The molecule has 168 valence electrons. The molecule has 0 aromatic heterocycles. The number of hydrogen-bond donors (Lipinski definition) is 2. The molecule has 2 heterocycles. The molecule has 2 N–H and O–H groups in total. The summed E-state index contributed by atoms with van der Waals surface area (Å²) < 4.78 is 7.52. The highest BCUT2D eigenvalue weighted by Gasteiger charge is 2.59. The summed E-state index contributed by atoms with van der Waals surface area (Å²) in [5.74, 6) is -0.0428. The van der Waals surface area contributed by atoms with Gasteiger partial charge in [-0.25, -0.2) is 0 Å². The number of fused-ring (bicyclic) bond motifs is 4. The van der Waals surface area contributed by atoms with Gasteiger partial charge in [-0.1, -0.05) is 51.3 Å². The van der Waals surface area contributed by atoms with Crippen LogP contribution < -0.4 is 20.3 Å². The Morgan fingerprint density at radius 1 is 1.18 bits per heavy atom. The van der Waals surface area contributed by atoms with Gasteiger partial charge in [0.1, 0.15) is 11.7 Å². The van der Waals surface area contributed by atoms with E-state index in [2.05, 4.69) is 26.6 Å². The van der Waals surface area contributed by atoms with Crippen molar-refractivity contribution in [3.8, 4) is 5.75 Å². The molecule has 1 saturated heterocycles. The lowest BCUT2D eigenvalue weighted by Crippen LogP contribution is -2.72. The number of nitrogens with zero attached hydrogens (tertiary/aromatic N) is 1. The van der Waals surface area contributed by atoms with Gasteiger partial charge >= 0.3 is 0 Å². The molecule has 1 fully saturated rings. The van der Waals surface area contributed by atoms with Crippen LogP contribution in [0.3, 0.4) is 0 Å². The Balaban J connectivity index is 1.63. The normalized spacial score (nSPS) is 23.3. The fourth-order valence-electron chi connectivity index (χ4n) is 4.66. The van der Waals surface area contributed by atoms with Crippen molar-refractivity contribution in [3.05, 3.63) is 87.4 Å². The number of amides is 1. The smallest absolute Gasteiger partial charge is 0.236 e. The van der Waals surface area contributed by atoms with Crippen LogP contribution in [0.15, 0.2) is 71.2 Å². The Hall–Kier alpha value is -2.61. The van der Waals surface area contributed by atoms with Crippen LogP contribution in [-0.4, -0.2) is 16.7 Å². The Labute approximate surface area is 211 Å². The van der Waals surface area contributed by atoms with Gasteiger partial charge in [0.15, 0.2) is 10.8 Å². The van der Waals surface area contributed by atoms with E-state index in [-0.39, 0.29) is 11.9 Å². The molecule has 8 heteroatoms. The Morgan fingerprint density at radius 2 is 1.94 bits per heavy atom. The third kappa shape index (κ3) is 3.88. The SMILES string of the molecule is Cc1ccc2c(c1)[C@@H]1NC(=S)N(c3cccc(Br)c3)[C@](C)(O2)[C@H]1C(=O)Nc1ccc(Cl)cc1. The lowest BCUT2D eigenvalue weighted by atomic mass is 9.78. The summed E-state index contributed by atoms with van der Waals surface area (Å²) in [6, 6.07) is 20.5. The minimum Gasteiger partial charge on any atom is -0.467 e. The van der Waals surface area contributed by atoms with Crippen LogP contribution in [0.5, 0.6) is 5.75 Å². The first-order chi connectivity index (χ1) is 15.8. The Morgan fingerprint density at radius 3 is 2.67 bits per heavy atom. The molecule has 2 aliphatic heterocycles. The lowest BCUT2D eigenvalue weighted by molar-refractivity contribution is -0.130. The molecule has 5 nitrogen and oxygen atoms in total. The molecule has 1 amide bonds. The molecule has 3 aromatic rings. The van der Waals surface area contributed by atoms with E-state index in [1.165, 1.54) is 0 Å². The van der Waals surface area contributed by atoms with Crippen LogP contribution in [0.2, 0.25) is 5.02 Å². The van der Waals surface area contributed by atoms with Gasteiger partial charge in [0.25, 0.3) is 0 Å². The highest BCUT2D eigenvalue weighted by Crippen LogP contribution is 2.50. The molecular weight excluding hydrogens is 522 g/mol. The predicted molar refractivity (Wildman–Crippen MR) is 139 cm³/mol. The average molecular weight is 543 g/mol. The van der Waals surface area contributed by atoms with Crippen molar-refractivity contribution < 1.29 is 9.53 Å². The largest absolute Gasteiger partial charge is 0.467 e. The standard InChI is InChI=1S/C25H21BrClN3O2S/c1-14-6-11-20-19(12-14)22-21(23(31)28-17-9-7-16(27)8-10-17)25(2,32-20)30(24(33)29-22)18-5-3-4-15(26)13-18/h3-13,21-22H,1-2H3,(H,28,31)(H,29,33)/t21-,22+,25-/m1/s1. The number of carbonyl (C=O) groups is 1. The fourth-order valence-corrected chi connectivity index (χ4v) is 5.59. The van der Waals surface area contributed by atoms with E-state index in [1.807, 2.05) is 61.2 Å². The topological polar surface area (TPSA) is 53.6 Å². The van der Waals surface area contributed by atoms with E-state index in [0.29, 0.717) is 15.8 Å². The maximum Gasteiger partial charge on any atom is 0.236 e. The minimum absolute atomic E-state index is 0.174. The zero-order chi connectivity index (χ0) is 23.3. The number of nitrogens with one attached hydrogen (secondary N) is 2. The molecule has 0 saturated carbocycles. The number of aryl methyl sites for hydroxylation is 1. The summed E-state index contributed by atoms with van der Waals surface area (Å²) in [6.07, 6.45) is 0. The van der Waals surface area contributed by atoms with Gasteiger partial charge in [-0.2, -0.15) is 0 Å². The van der Waals surface area contributed by atoms with Crippen LogP contribution in [0.25, 0.3) is 0 Å². The van der Waals surface area contributed by atoms with Gasteiger partial charge in [-0.05, 0) is 74.6 Å². The van der Waals surface area contributed by atoms with Gasteiger partial charge in [0, 0.05) is 26.4 Å². The first-order valence-electron chi connectivity index (χ1n) is 10.5. The summed E-state index contributed by atoms with van der Waals surface area (Å²) >= 11 is 15.4. The molecule has 0 spiro atoms. The van der Waals surface area contributed by atoms with Crippen molar-refractivity contribution in [3.63, 3.8) is 0 Å². The second-order valence-corrected chi connectivity index (χ2v) is 10.2. The van der Waals surface area contributed by atoms with Crippen molar-refractivity contribution in [2.24, 2.45) is 5.92 Å². The number of halogens is 2. The van der Waals surface area contributed by atoms with Crippen LogP contribution in [0, 0.1) is 12.8 Å². The van der Waals surface area contributed by atoms with Crippen molar-refractivity contribution in [1.29, 1.82) is 0 Å². The van der Waals surface area contributed by atoms with Crippen LogP contribution in [0.1, 0.15) is 24.1 Å². The molecule has 0 radical (unpaired) electrons. The number of carbonyl (C=O) groups excluding carboxylic acids is 1. The molecule has 0 unspecified atom stereocenters. The molecular formula is C25H21BrClN3O2S. The summed E-state index contributed by atoms with van der Waals surface area (Å²) in [5.41, 5.74) is 2.42. The zero-order valence-corrected chi connectivity index (χ0v) is 21.1. The van der Waals surface area contributed by atoms with E-state index < -0.39 is 11.6 Å². The van der Waals surface area contributed by atoms with E-state index in [0.717, 1.165) is 27.0 Å². The second kappa shape index (κ2) is 8.31. The van der Waals surface area contributed by atoms with Gasteiger partial charge < -0.3 is 15.4 Å². The van der Waals surface area contributed by atoms with Gasteiger partial charge in [0.2, 0.25) is 5.91 Å². The Kier molecular flexibility index (Phi) is 5.59. The fraction of sp³-hybridized carbons (Fsp3) is 0.200. The molecule has 5 rings (SSSR count). The number of rotatable bonds is 3. The van der Waals surface area contributed by atoms with Gasteiger partial charge in [-0.3, -0.25) is 9.69 Å². The third-order valence-corrected chi connectivity index (χ3v) is 7.16. The van der Waals surface area contributed by atoms with Crippen molar-refractivity contribution in [1.82, 2.24) is 5.32 Å². The zero-order valence-electron chi connectivity index (χ0n) is 17.9. The quantitative estimate of drug-likeness (QED) is 0.386. The van der Waals surface area contributed by atoms with Crippen molar-refractivity contribution >= 4 is 62.1 Å². The van der Waals surface area contributed by atoms with E-state index >= 15 is 0 Å². The first kappa shape index (κ1) is 22.2. The number of hydrogen-bond acceptors (Lipinski definition) is 3. The predicted octanol–water partition coefficient (Wildman–Crippen LogP) is 6.21. The van der Waals surface area contributed by atoms with E-state index in [4.69, 9.17) is 28.6 Å². The highest BCUT2D eigenvalue weighted by atomic mass is 79.9. The number of thiocarbonyl (C=S) groups is 1. The first-order valence-corrected chi connectivity index (χ1v) is 12.1. The van der Waals surface area contributed by atoms with Crippen LogP contribution >= 0.6 is 39.7 Å². The third-order valence-electron chi connectivity index (χ3n) is 6.11. The summed E-state index contributed by atoms with van der Waals surface area (Å²) in [6.45, 7) is 3.94. The molecule has 3 aromatic carbocycles.